The normalized spacial score (nSPS) is 10.2. The first-order valence-electron chi connectivity index (χ1n) is 5.43. The van der Waals surface area contributed by atoms with Crippen LogP contribution in [0.1, 0.15) is 10.4 Å². The van der Waals surface area contributed by atoms with Gasteiger partial charge in [-0.05, 0) is 35.9 Å². The highest BCUT2D eigenvalue weighted by Crippen LogP contribution is 2.34. The molecular weight excluding hydrogens is 268 g/mol. The predicted molar refractivity (Wildman–Crippen MR) is 72.1 cm³/mol. The van der Waals surface area contributed by atoms with Crippen molar-refractivity contribution in [2.75, 3.05) is 7.11 Å². The molecule has 98 valence electrons. The van der Waals surface area contributed by atoms with Gasteiger partial charge in [0.05, 0.1) is 7.11 Å². The zero-order chi connectivity index (χ0) is 14.0. The molecule has 0 saturated carbocycles. The summed E-state index contributed by atoms with van der Waals surface area (Å²) in [6.45, 7) is 0. The Labute approximate surface area is 114 Å². The van der Waals surface area contributed by atoms with Gasteiger partial charge in [-0.2, -0.15) is 0 Å². The summed E-state index contributed by atoms with van der Waals surface area (Å²) in [7, 11) is 1.51. The SMILES string of the molecule is COc1cc(Cl)ccc1-c1ccc(C(=O)O)c(O)c1. The van der Waals surface area contributed by atoms with Gasteiger partial charge in [0.2, 0.25) is 0 Å². The van der Waals surface area contributed by atoms with E-state index < -0.39 is 5.97 Å². The van der Waals surface area contributed by atoms with Gasteiger partial charge in [-0.1, -0.05) is 17.7 Å². The number of hydrogen-bond donors (Lipinski definition) is 2. The Morgan fingerprint density at radius 2 is 1.95 bits per heavy atom. The number of rotatable bonds is 3. The zero-order valence-corrected chi connectivity index (χ0v) is 10.8. The molecule has 0 unspecified atom stereocenters. The van der Waals surface area contributed by atoms with Crippen LogP contribution in [-0.2, 0) is 0 Å². The molecule has 2 rings (SSSR count). The summed E-state index contributed by atoms with van der Waals surface area (Å²) in [4.78, 5) is 10.8. The number of carbonyl (C=O) groups is 1. The molecule has 2 aromatic rings. The van der Waals surface area contributed by atoms with Crippen molar-refractivity contribution in [3.05, 3.63) is 47.0 Å². The van der Waals surface area contributed by atoms with E-state index in [-0.39, 0.29) is 11.3 Å². The van der Waals surface area contributed by atoms with Crippen LogP contribution >= 0.6 is 11.6 Å². The van der Waals surface area contributed by atoms with E-state index in [2.05, 4.69) is 0 Å². The summed E-state index contributed by atoms with van der Waals surface area (Å²) in [6, 6.07) is 9.43. The fourth-order valence-corrected chi connectivity index (χ4v) is 1.95. The Morgan fingerprint density at radius 3 is 2.53 bits per heavy atom. The van der Waals surface area contributed by atoms with Gasteiger partial charge in [0.25, 0.3) is 0 Å². The molecule has 0 aliphatic rings. The lowest BCUT2D eigenvalue weighted by Gasteiger charge is -2.10. The molecule has 0 aliphatic carbocycles. The number of carboxylic acid groups (broad SMARTS) is 1. The summed E-state index contributed by atoms with van der Waals surface area (Å²) in [5.41, 5.74) is 1.23. The maximum Gasteiger partial charge on any atom is 0.339 e. The van der Waals surface area contributed by atoms with Crippen molar-refractivity contribution in [1.29, 1.82) is 0 Å². The van der Waals surface area contributed by atoms with Crippen LogP contribution in [0.15, 0.2) is 36.4 Å². The molecule has 4 nitrogen and oxygen atoms in total. The summed E-state index contributed by atoms with van der Waals surface area (Å²) < 4.78 is 5.22. The van der Waals surface area contributed by atoms with Crippen LogP contribution in [0.5, 0.6) is 11.5 Å². The number of phenols is 1. The highest BCUT2D eigenvalue weighted by molar-refractivity contribution is 6.30. The van der Waals surface area contributed by atoms with Crippen LogP contribution < -0.4 is 4.74 Å². The van der Waals surface area contributed by atoms with Crippen molar-refractivity contribution >= 4 is 17.6 Å². The molecule has 2 aromatic carbocycles. The van der Waals surface area contributed by atoms with Crippen molar-refractivity contribution in [1.82, 2.24) is 0 Å². The van der Waals surface area contributed by atoms with Gasteiger partial charge in [0.1, 0.15) is 17.1 Å². The van der Waals surface area contributed by atoms with E-state index in [9.17, 15) is 9.90 Å². The molecule has 0 aliphatic heterocycles. The minimum atomic E-state index is -1.17. The van der Waals surface area contributed by atoms with Crippen LogP contribution in [0, 0.1) is 0 Å². The second-order valence-corrected chi connectivity index (χ2v) is 4.32. The largest absolute Gasteiger partial charge is 0.507 e. The van der Waals surface area contributed by atoms with Gasteiger partial charge < -0.3 is 14.9 Å². The van der Waals surface area contributed by atoms with Gasteiger partial charge in [0.15, 0.2) is 0 Å². The third-order valence-electron chi connectivity index (χ3n) is 2.70. The van der Waals surface area contributed by atoms with Crippen LogP contribution in [0.4, 0.5) is 0 Å². The summed E-state index contributed by atoms with van der Waals surface area (Å²) in [5, 5.41) is 19.1. The van der Waals surface area contributed by atoms with E-state index in [1.54, 1.807) is 24.3 Å². The fraction of sp³-hybridized carbons (Fsp3) is 0.0714. The molecule has 0 saturated heterocycles. The number of aromatic carboxylic acids is 1. The first-order valence-corrected chi connectivity index (χ1v) is 5.81. The smallest absolute Gasteiger partial charge is 0.339 e. The molecule has 19 heavy (non-hydrogen) atoms. The van der Waals surface area contributed by atoms with Crippen molar-refractivity contribution < 1.29 is 19.7 Å². The van der Waals surface area contributed by atoms with Crippen molar-refractivity contribution in [2.24, 2.45) is 0 Å². The summed E-state index contributed by atoms with van der Waals surface area (Å²) in [6.07, 6.45) is 0. The Hall–Kier alpha value is -2.20. The number of aromatic hydroxyl groups is 1. The third kappa shape index (κ3) is 2.63. The predicted octanol–water partition coefficient (Wildman–Crippen LogP) is 3.42. The Morgan fingerprint density at radius 1 is 1.21 bits per heavy atom. The summed E-state index contributed by atoms with van der Waals surface area (Å²) >= 11 is 5.87. The molecule has 0 atom stereocenters. The van der Waals surface area contributed by atoms with Gasteiger partial charge in [0, 0.05) is 10.6 Å². The number of halogens is 1. The number of methoxy groups -OCH3 is 1. The molecule has 0 fully saturated rings. The lowest BCUT2D eigenvalue weighted by molar-refractivity contribution is 0.0694. The second-order valence-electron chi connectivity index (χ2n) is 3.88. The Kier molecular flexibility index (Phi) is 3.62. The molecule has 0 amide bonds. The fourth-order valence-electron chi connectivity index (χ4n) is 1.78. The number of benzene rings is 2. The molecule has 0 spiro atoms. The molecule has 5 heteroatoms. The molecule has 0 aromatic heterocycles. The third-order valence-corrected chi connectivity index (χ3v) is 2.94. The van der Waals surface area contributed by atoms with E-state index in [1.165, 1.54) is 19.2 Å². The Bertz CT molecular complexity index is 637. The van der Waals surface area contributed by atoms with Gasteiger partial charge >= 0.3 is 5.97 Å². The van der Waals surface area contributed by atoms with Crippen molar-refractivity contribution in [3.63, 3.8) is 0 Å². The van der Waals surface area contributed by atoms with Gasteiger partial charge in [-0.3, -0.25) is 0 Å². The van der Waals surface area contributed by atoms with Crippen LogP contribution in [0.2, 0.25) is 5.02 Å². The highest BCUT2D eigenvalue weighted by Gasteiger charge is 2.12. The van der Waals surface area contributed by atoms with Gasteiger partial charge in [-0.15, -0.1) is 0 Å². The lowest BCUT2D eigenvalue weighted by atomic mass is 10.0. The molecule has 0 heterocycles. The maximum absolute atomic E-state index is 10.8. The van der Waals surface area contributed by atoms with Crippen molar-refractivity contribution in [3.8, 4) is 22.6 Å². The van der Waals surface area contributed by atoms with E-state index in [0.29, 0.717) is 16.3 Å². The Balaban J connectivity index is 2.54. The topological polar surface area (TPSA) is 66.8 Å². The van der Waals surface area contributed by atoms with Crippen LogP contribution in [0.3, 0.4) is 0 Å². The lowest BCUT2D eigenvalue weighted by Crippen LogP contribution is -1.96. The van der Waals surface area contributed by atoms with Crippen LogP contribution in [0.25, 0.3) is 11.1 Å². The zero-order valence-electron chi connectivity index (χ0n) is 10.1. The minimum Gasteiger partial charge on any atom is -0.507 e. The maximum atomic E-state index is 10.8. The van der Waals surface area contributed by atoms with Crippen molar-refractivity contribution in [2.45, 2.75) is 0 Å². The minimum absolute atomic E-state index is 0.142. The first kappa shape index (κ1) is 13.2. The summed E-state index contributed by atoms with van der Waals surface area (Å²) in [5.74, 6) is -0.913. The van der Waals surface area contributed by atoms with E-state index >= 15 is 0 Å². The second kappa shape index (κ2) is 5.20. The monoisotopic (exact) mass is 278 g/mol. The van der Waals surface area contributed by atoms with E-state index in [0.717, 1.165) is 5.56 Å². The number of ether oxygens (including phenoxy) is 1. The van der Waals surface area contributed by atoms with Gasteiger partial charge in [-0.25, -0.2) is 4.79 Å². The molecular formula is C14H11ClO4. The van der Waals surface area contributed by atoms with E-state index in [4.69, 9.17) is 21.4 Å². The average Bonchev–Trinajstić information content (AvgIpc) is 2.37. The molecule has 0 bridgehead atoms. The van der Waals surface area contributed by atoms with Crippen LogP contribution in [-0.4, -0.2) is 23.3 Å². The highest BCUT2D eigenvalue weighted by atomic mass is 35.5. The molecule has 2 N–H and O–H groups in total. The quantitative estimate of drug-likeness (QED) is 0.903. The number of hydrogen-bond acceptors (Lipinski definition) is 3. The first-order chi connectivity index (χ1) is 9.02. The van der Waals surface area contributed by atoms with E-state index in [1.807, 2.05) is 0 Å². The molecule has 0 radical (unpaired) electrons. The number of carboxylic acids is 1. The standard InChI is InChI=1S/C14H11ClO4/c1-19-13-7-9(15)3-5-10(13)8-2-4-11(14(17)18)12(16)6-8/h2-7,16H,1H3,(H,17,18). The average molecular weight is 279 g/mol.